The van der Waals surface area contributed by atoms with Crippen LogP contribution in [0.15, 0.2) is 36.9 Å². The summed E-state index contributed by atoms with van der Waals surface area (Å²) in [5, 5.41) is 9.80. The normalized spacial score (nSPS) is 24.9. The third kappa shape index (κ3) is 6.31. The average molecular weight is 521 g/mol. The summed E-state index contributed by atoms with van der Waals surface area (Å²) in [5.74, 6) is -3.78. The summed E-state index contributed by atoms with van der Waals surface area (Å²) in [5.41, 5.74) is 0.865. The molecule has 2 aromatic rings. The van der Waals surface area contributed by atoms with Crippen LogP contribution < -0.4 is 9.47 Å². The maximum atomic E-state index is 15.1. The van der Waals surface area contributed by atoms with Crippen LogP contribution in [-0.4, -0.2) is 24.4 Å². The second-order valence-corrected chi connectivity index (χ2v) is 10.5. The summed E-state index contributed by atoms with van der Waals surface area (Å²) >= 11 is 0. The Morgan fingerprint density at radius 1 is 0.784 bits per heavy atom. The number of hydrogen-bond donors (Lipinski definition) is 1. The monoisotopic (exact) mass is 520 g/mol. The van der Waals surface area contributed by atoms with Crippen molar-refractivity contribution in [1.82, 2.24) is 0 Å². The van der Waals surface area contributed by atoms with E-state index in [2.05, 4.69) is 6.58 Å². The molecule has 0 aromatic heterocycles. The number of hydrogen-bond acceptors (Lipinski definition) is 3. The van der Waals surface area contributed by atoms with Crippen molar-refractivity contribution in [2.24, 2.45) is 11.8 Å². The molecule has 2 aliphatic rings. The maximum absolute atomic E-state index is 15.1. The first kappa shape index (κ1) is 27.5. The highest BCUT2D eigenvalue weighted by Gasteiger charge is 2.31. The molecule has 3 nitrogen and oxygen atoms in total. The van der Waals surface area contributed by atoms with Gasteiger partial charge in [0, 0.05) is 0 Å². The van der Waals surface area contributed by atoms with Crippen LogP contribution in [0, 0.1) is 35.1 Å². The average Bonchev–Trinajstić information content (AvgIpc) is 2.91. The van der Waals surface area contributed by atoms with E-state index in [-0.39, 0.29) is 54.5 Å². The second kappa shape index (κ2) is 12.3. The molecule has 37 heavy (non-hydrogen) atoms. The molecule has 0 spiro atoms. The number of halogens is 4. The Bertz CT molecular complexity index is 1070. The van der Waals surface area contributed by atoms with Crippen molar-refractivity contribution in [2.45, 2.75) is 76.2 Å². The van der Waals surface area contributed by atoms with E-state index in [0.29, 0.717) is 24.0 Å². The summed E-state index contributed by atoms with van der Waals surface area (Å²) in [6.45, 7) is 5.56. The van der Waals surface area contributed by atoms with Crippen molar-refractivity contribution in [2.75, 3.05) is 13.2 Å². The molecule has 0 aliphatic heterocycles. The Morgan fingerprint density at radius 2 is 1.27 bits per heavy atom. The summed E-state index contributed by atoms with van der Waals surface area (Å²) in [6.07, 6.45) is 7.02. The molecular weight excluding hydrogens is 484 g/mol. The van der Waals surface area contributed by atoms with Crippen molar-refractivity contribution in [3.8, 4) is 11.5 Å². The third-order valence-corrected chi connectivity index (χ3v) is 8.17. The molecule has 2 fully saturated rings. The highest BCUT2D eigenvalue weighted by molar-refractivity contribution is 5.35. The standard InChI is InChI=1S/C30H36F4O3/c1-3-16-36-25-14-15-26(30(34)29(25)33)37-17-19-4-6-21(7-5-19)23-12-13-24(28(32)27(23)31)22-10-8-20(9-11-22)18(2)35/h3,12-15,18-22,35H,1,4-11,16-17H2,2H3. The molecule has 1 atom stereocenters. The number of aliphatic hydroxyl groups excluding tert-OH is 1. The summed E-state index contributed by atoms with van der Waals surface area (Å²) < 4.78 is 69.4. The zero-order chi connectivity index (χ0) is 26.5. The van der Waals surface area contributed by atoms with Crippen LogP contribution in [0.1, 0.15) is 81.3 Å². The van der Waals surface area contributed by atoms with Gasteiger partial charge in [0.25, 0.3) is 0 Å². The van der Waals surface area contributed by atoms with Gasteiger partial charge in [-0.2, -0.15) is 8.78 Å². The predicted molar refractivity (Wildman–Crippen MR) is 135 cm³/mol. The highest BCUT2D eigenvalue weighted by Crippen LogP contribution is 2.42. The van der Waals surface area contributed by atoms with E-state index in [4.69, 9.17) is 9.47 Å². The van der Waals surface area contributed by atoms with Crippen LogP contribution in [0.3, 0.4) is 0 Å². The van der Waals surface area contributed by atoms with E-state index in [9.17, 15) is 13.9 Å². The number of rotatable bonds is 9. The zero-order valence-electron chi connectivity index (χ0n) is 21.3. The van der Waals surface area contributed by atoms with Gasteiger partial charge in [0.2, 0.25) is 11.6 Å². The van der Waals surface area contributed by atoms with Crippen LogP contribution in [-0.2, 0) is 0 Å². The SMILES string of the molecule is C=CCOc1ccc(OCC2CCC(c3ccc(C4CCC(C(C)O)CC4)c(F)c3F)CC2)c(F)c1F. The lowest BCUT2D eigenvalue weighted by Crippen LogP contribution is -2.23. The molecule has 0 bridgehead atoms. The first-order chi connectivity index (χ1) is 17.8. The quantitative estimate of drug-likeness (QED) is 0.271. The minimum atomic E-state index is -1.10. The minimum Gasteiger partial charge on any atom is -0.490 e. The molecule has 202 valence electrons. The first-order valence-electron chi connectivity index (χ1n) is 13.3. The van der Waals surface area contributed by atoms with Gasteiger partial charge in [-0.25, -0.2) is 8.78 Å². The van der Waals surface area contributed by atoms with Crippen molar-refractivity contribution in [3.63, 3.8) is 0 Å². The Kier molecular flexibility index (Phi) is 9.17. The Balaban J connectivity index is 1.31. The first-order valence-corrected chi connectivity index (χ1v) is 13.3. The van der Waals surface area contributed by atoms with Crippen LogP contribution >= 0.6 is 0 Å². The van der Waals surface area contributed by atoms with E-state index in [1.165, 1.54) is 18.2 Å². The van der Waals surface area contributed by atoms with Crippen molar-refractivity contribution >= 4 is 0 Å². The lowest BCUT2D eigenvalue weighted by Gasteiger charge is -2.32. The lowest BCUT2D eigenvalue weighted by molar-refractivity contribution is 0.0963. The number of ether oxygens (including phenoxy) is 2. The van der Waals surface area contributed by atoms with Crippen LogP contribution in [0.5, 0.6) is 11.5 Å². The van der Waals surface area contributed by atoms with E-state index in [0.717, 1.165) is 38.5 Å². The molecule has 0 heterocycles. The van der Waals surface area contributed by atoms with Crippen molar-refractivity contribution in [3.05, 3.63) is 71.3 Å². The topological polar surface area (TPSA) is 38.7 Å². The van der Waals surface area contributed by atoms with Gasteiger partial charge in [0.05, 0.1) is 12.7 Å². The van der Waals surface area contributed by atoms with Gasteiger partial charge in [-0.05, 0) is 105 Å². The van der Waals surface area contributed by atoms with Crippen LogP contribution in [0.2, 0.25) is 0 Å². The van der Waals surface area contributed by atoms with Gasteiger partial charge in [-0.15, -0.1) is 0 Å². The molecule has 0 amide bonds. The molecule has 1 N–H and O–H groups in total. The molecule has 4 rings (SSSR count). The van der Waals surface area contributed by atoms with E-state index >= 15 is 8.78 Å². The lowest BCUT2D eigenvalue weighted by atomic mass is 9.75. The van der Waals surface area contributed by atoms with E-state index in [1.807, 2.05) is 0 Å². The summed E-state index contributed by atoms with van der Waals surface area (Å²) in [7, 11) is 0. The molecule has 2 saturated carbocycles. The van der Waals surface area contributed by atoms with Crippen molar-refractivity contribution < 1.29 is 32.1 Å². The molecule has 0 saturated heterocycles. The molecule has 7 heteroatoms. The van der Waals surface area contributed by atoms with Crippen LogP contribution in [0.25, 0.3) is 0 Å². The van der Waals surface area contributed by atoms with Crippen molar-refractivity contribution in [1.29, 1.82) is 0 Å². The van der Waals surface area contributed by atoms with E-state index < -0.39 is 23.3 Å². The fraction of sp³-hybridized carbons (Fsp3) is 0.533. The second-order valence-electron chi connectivity index (χ2n) is 10.5. The smallest absolute Gasteiger partial charge is 0.204 e. The summed E-state index contributed by atoms with van der Waals surface area (Å²) in [6, 6.07) is 6.16. The van der Waals surface area contributed by atoms with E-state index in [1.54, 1.807) is 19.1 Å². The largest absolute Gasteiger partial charge is 0.490 e. The maximum Gasteiger partial charge on any atom is 0.204 e. The molecule has 1 unspecified atom stereocenters. The summed E-state index contributed by atoms with van der Waals surface area (Å²) in [4.78, 5) is 0. The highest BCUT2D eigenvalue weighted by atomic mass is 19.2. The zero-order valence-corrected chi connectivity index (χ0v) is 21.3. The Labute approximate surface area is 216 Å². The van der Waals surface area contributed by atoms with Gasteiger partial charge >= 0.3 is 0 Å². The molecule has 2 aromatic carbocycles. The fourth-order valence-electron chi connectivity index (χ4n) is 5.86. The van der Waals surface area contributed by atoms with Gasteiger partial charge in [-0.3, -0.25) is 0 Å². The van der Waals surface area contributed by atoms with Gasteiger partial charge in [0.15, 0.2) is 23.1 Å². The fourth-order valence-corrected chi connectivity index (χ4v) is 5.86. The molecular formula is C30H36F4O3. The van der Waals surface area contributed by atoms with Crippen LogP contribution in [0.4, 0.5) is 17.6 Å². The predicted octanol–water partition coefficient (Wildman–Crippen LogP) is 7.82. The number of aliphatic hydroxyl groups is 1. The molecule has 0 radical (unpaired) electrons. The molecule has 2 aliphatic carbocycles. The third-order valence-electron chi connectivity index (χ3n) is 8.17. The minimum absolute atomic E-state index is 0.0146. The van der Waals surface area contributed by atoms with Gasteiger partial charge in [0.1, 0.15) is 6.61 Å². The Hall–Kier alpha value is -2.54. The number of benzene rings is 2. The van der Waals surface area contributed by atoms with Gasteiger partial charge < -0.3 is 14.6 Å². The Morgan fingerprint density at radius 3 is 1.76 bits per heavy atom. The van der Waals surface area contributed by atoms with Gasteiger partial charge in [-0.1, -0.05) is 24.8 Å².